The van der Waals surface area contributed by atoms with Gasteiger partial charge in [0, 0.05) is 14.5 Å². The fourth-order valence-corrected chi connectivity index (χ4v) is 2.66. The van der Waals surface area contributed by atoms with Gasteiger partial charge in [-0.15, -0.1) is 0 Å². The molecule has 0 saturated carbocycles. The van der Waals surface area contributed by atoms with Crippen LogP contribution in [0.1, 0.15) is 15.9 Å². The summed E-state index contributed by atoms with van der Waals surface area (Å²) in [4.78, 5) is 12.3. The number of ketones is 1. The Kier molecular flexibility index (Phi) is 4.53. The second-order valence-electron chi connectivity index (χ2n) is 3.67. The summed E-state index contributed by atoms with van der Waals surface area (Å²) in [7, 11) is 0. The number of benzene rings is 2. The standard InChI is InChI=1S/C13H5Br3F2O/c14-6-1-2-8(15)7(5-6)13(19)11-10(17)4-3-9(16)12(11)18/h1-5H. The van der Waals surface area contributed by atoms with E-state index in [2.05, 4.69) is 47.8 Å². The molecule has 0 N–H and O–H groups in total. The van der Waals surface area contributed by atoms with E-state index < -0.39 is 23.0 Å². The van der Waals surface area contributed by atoms with Gasteiger partial charge in [0.2, 0.25) is 0 Å². The van der Waals surface area contributed by atoms with Gasteiger partial charge in [0.05, 0.1) is 10.0 Å². The van der Waals surface area contributed by atoms with E-state index in [1.807, 2.05) is 0 Å². The molecule has 1 nitrogen and oxygen atoms in total. The Balaban J connectivity index is 2.63. The minimum atomic E-state index is -0.906. The van der Waals surface area contributed by atoms with Gasteiger partial charge < -0.3 is 0 Å². The molecule has 0 saturated heterocycles. The average molecular weight is 455 g/mol. The van der Waals surface area contributed by atoms with E-state index in [4.69, 9.17) is 0 Å². The molecule has 2 aromatic carbocycles. The van der Waals surface area contributed by atoms with Crippen LogP contribution in [0.5, 0.6) is 0 Å². The van der Waals surface area contributed by atoms with Crippen molar-refractivity contribution in [2.24, 2.45) is 0 Å². The zero-order chi connectivity index (χ0) is 14.2. The van der Waals surface area contributed by atoms with E-state index in [0.717, 1.165) is 6.07 Å². The first-order valence-electron chi connectivity index (χ1n) is 5.05. The minimum absolute atomic E-state index is 0.0448. The summed E-state index contributed by atoms with van der Waals surface area (Å²) >= 11 is 9.36. The van der Waals surface area contributed by atoms with Crippen molar-refractivity contribution in [2.45, 2.75) is 0 Å². The lowest BCUT2D eigenvalue weighted by Crippen LogP contribution is -2.09. The second kappa shape index (κ2) is 5.81. The van der Waals surface area contributed by atoms with Crippen LogP contribution >= 0.6 is 47.8 Å². The van der Waals surface area contributed by atoms with Gasteiger partial charge >= 0.3 is 0 Å². The van der Waals surface area contributed by atoms with E-state index in [9.17, 15) is 13.6 Å². The summed E-state index contributed by atoms with van der Waals surface area (Å²) < 4.78 is 28.8. The van der Waals surface area contributed by atoms with Gasteiger partial charge in [0.1, 0.15) is 5.82 Å². The Morgan fingerprint density at radius 2 is 1.58 bits per heavy atom. The van der Waals surface area contributed by atoms with Crippen molar-refractivity contribution in [1.29, 1.82) is 0 Å². The van der Waals surface area contributed by atoms with Crippen LogP contribution in [-0.2, 0) is 0 Å². The SMILES string of the molecule is O=C(c1cc(Br)ccc1Br)c1c(F)ccc(Br)c1F. The molecule has 0 spiro atoms. The quantitative estimate of drug-likeness (QED) is 0.433. The molecule has 98 valence electrons. The van der Waals surface area contributed by atoms with E-state index in [-0.39, 0.29) is 10.0 Å². The molecule has 0 radical (unpaired) electrons. The fraction of sp³-hybridized carbons (Fsp3) is 0. The molecule has 0 aliphatic rings. The van der Waals surface area contributed by atoms with Crippen LogP contribution in [0.25, 0.3) is 0 Å². The predicted molar refractivity (Wildman–Crippen MR) is 79.3 cm³/mol. The van der Waals surface area contributed by atoms with Crippen LogP contribution < -0.4 is 0 Å². The third kappa shape index (κ3) is 2.95. The van der Waals surface area contributed by atoms with Crippen LogP contribution in [0.3, 0.4) is 0 Å². The lowest BCUT2D eigenvalue weighted by Gasteiger charge is -2.08. The average Bonchev–Trinajstić information content (AvgIpc) is 2.37. The minimum Gasteiger partial charge on any atom is -0.288 e. The highest BCUT2D eigenvalue weighted by Gasteiger charge is 2.22. The summed E-state index contributed by atoms with van der Waals surface area (Å²) in [6.07, 6.45) is 0. The van der Waals surface area contributed by atoms with Crippen LogP contribution in [0.4, 0.5) is 8.78 Å². The number of halogens is 5. The van der Waals surface area contributed by atoms with E-state index in [0.29, 0.717) is 8.95 Å². The van der Waals surface area contributed by atoms with Crippen LogP contribution in [0.2, 0.25) is 0 Å². The summed E-state index contributed by atoms with van der Waals surface area (Å²) in [6.45, 7) is 0. The molecule has 0 unspecified atom stereocenters. The Bertz CT molecular complexity index is 671. The Morgan fingerprint density at radius 3 is 2.26 bits per heavy atom. The predicted octanol–water partition coefficient (Wildman–Crippen LogP) is 5.48. The van der Waals surface area contributed by atoms with Gasteiger partial charge in [-0.1, -0.05) is 31.9 Å². The molecule has 2 rings (SSSR count). The molecule has 0 aliphatic carbocycles. The number of hydrogen-bond donors (Lipinski definition) is 0. The van der Waals surface area contributed by atoms with Gasteiger partial charge in [-0.2, -0.15) is 0 Å². The van der Waals surface area contributed by atoms with Gasteiger partial charge in [0.15, 0.2) is 11.6 Å². The molecule has 0 atom stereocenters. The largest absolute Gasteiger partial charge is 0.288 e. The van der Waals surface area contributed by atoms with Crippen LogP contribution in [0, 0.1) is 11.6 Å². The molecule has 2 aromatic rings. The Hall–Kier alpha value is -0.590. The van der Waals surface area contributed by atoms with Crippen molar-refractivity contribution in [2.75, 3.05) is 0 Å². The molecule has 0 heterocycles. The molecular weight excluding hydrogens is 450 g/mol. The third-order valence-corrected chi connectivity index (χ3v) is 4.24. The van der Waals surface area contributed by atoms with Crippen molar-refractivity contribution in [3.8, 4) is 0 Å². The molecule has 0 bridgehead atoms. The van der Waals surface area contributed by atoms with Crippen molar-refractivity contribution in [3.05, 3.63) is 66.5 Å². The topological polar surface area (TPSA) is 17.1 Å². The number of hydrogen-bond acceptors (Lipinski definition) is 1. The van der Waals surface area contributed by atoms with Gasteiger partial charge in [0.25, 0.3) is 0 Å². The second-order valence-corrected chi connectivity index (χ2v) is 6.30. The van der Waals surface area contributed by atoms with Crippen molar-refractivity contribution in [3.63, 3.8) is 0 Å². The van der Waals surface area contributed by atoms with Crippen molar-refractivity contribution >= 4 is 53.6 Å². The monoisotopic (exact) mass is 452 g/mol. The van der Waals surface area contributed by atoms with E-state index in [1.165, 1.54) is 12.1 Å². The maximum Gasteiger partial charge on any atom is 0.200 e. The number of carbonyl (C=O) groups excluding carboxylic acids is 1. The zero-order valence-corrected chi connectivity index (χ0v) is 13.9. The summed E-state index contributed by atoms with van der Waals surface area (Å²) in [6, 6.07) is 7.12. The van der Waals surface area contributed by atoms with Gasteiger partial charge in [-0.25, -0.2) is 8.78 Å². The first-order chi connectivity index (χ1) is 8.91. The highest BCUT2D eigenvalue weighted by molar-refractivity contribution is 9.11. The van der Waals surface area contributed by atoms with Crippen LogP contribution in [0.15, 0.2) is 43.7 Å². The molecule has 6 heteroatoms. The maximum absolute atomic E-state index is 13.9. The lowest BCUT2D eigenvalue weighted by molar-refractivity contribution is 0.103. The van der Waals surface area contributed by atoms with Crippen molar-refractivity contribution in [1.82, 2.24) is 0 Å². The summed E-state index contributed by atoms with van der Waals surface area (Å²) in [5.41, 5.74) is -0.390. The molecule has 0 fully saturated rings. The summed E-state index contributed by atoms with van der Waals surface area (Å²) in [5, 5.41) is 0. The highest BCUT2D eigenvalue weighted by atomic mass is 79.9. The number of carbonyl (C=O) groups is 1. The highest BCUT2D eigenvalue weighted by Crippen LogP contribution is 2.28. The van der Waals surface area contributed by atoms with E-state index in [1.54, 1.807) is 12.1 Å². The Morgan fingerprint density at radius 1 is 0.947 bits per heavy atom. The molecular formula is C13H5Br3F2O. The zero-order valence-electron chi connectivity index (χ0n) is 9.18. The third-order valence-electron chi connectivity index (χ3n) is 2.44. The lowest BCUT2D eigenvalue weighted by atomic mass is 10.0. The van der Waals surface area contributed by atoms with Crippen LogP contribution in [-0.4, -0.2) is 5.78 Å². The smallest absolute Gasteiger partial charge is 0.200 e. The maximum atomic E-state index is 13.9. The Labute approximate surface area is 133 Å². The molecule has 0 amide bonds. The molecule has 0 aromatic heterocycles. The van der Waals surface area contributed by atoms with Gasteiger partial charge in [-0.3, -0.25) is 4.79 Å². The first-order valence-corrected chi connectivity index (χ1v) is 7.43. The van der Waals surface area contributed by atoms with E-state index >= 15 is 0 Å². The molecule has 19 heavy (non-hydrogen) atoms. The van der Waals surface area contributed by atoms with Gasteiger partial charge in [-0.05, 0) is 46.3 Å². The first kappa shape index (κ1) is 14.8. The number of rotatable bonds is 2. The van der Waals surface area contributed by atoms with Crippen molar-refractivity contribution < 1.29 is 13.6 Å². The fourth-order valence-electron chi connectivity index (χ4n) is 1.54. The summed E-state index contributed by atoms with van der Waals surface area (Å²) in [5.74, 6) is -2.51. The molecule has 0 aliphatic heterocycles. The normalized spacial score (nSPS) is 10.6.